The van der Waals surface area contributed by atoms with Gasteiger partial charge < -0.3 is 15.4 Å². The lowest BCUT2D eigenvalue weighted by atomic mass is 10.1. The fourth-order valence-electron chi connectivity index (χ4n) is 2.14. The number of hydrogen-bond donors (Lipinski definition) is 2. The summed E-state index contributed by atoms with van der Waals surface area (Å²) in [5.74, 6) is 0.820. The first kappa shape index (κ1) is 14.9. The Bertz CT molecular complexity index is 621. The average molecular weight is 284 g/mol. The number of aryl methyl sites for hydroxylation is 1. The summed E-state index contributed by atoms with van der Waals surface area (Å²) in [5.41, 5.74) is 3.94. The predicted octanol–water partition coefficient (Wildman–Crippen LogP) is 2.98. The Kier molecular flexibility index (Phi) is 4.82. The fourth-order valence-corrected chi connectivity index (χ4v) is 2.14. The molecule has 0 saturated heterocycles. The maximum absolute atomic E-state index is 11.5. The van der Waals surface area contributed by atoms with E-state index in [1.165, 1.54) is 5.56 Å². The summed E-state index contributed by atoms with van der Waals surface area (Å²) in [4.78, 5) is 11.5. The standard InChI is InChI=1S/C17H20N2O2/c1-12-10-13(4-9-16(12)21-3)11-19-15-7-5-14(6-8-15)17(20)18-2/h4-10,19H,11H2,1-3H3,(H,18,20). The second-order valence-corrected chi connectivity index (χ2v) is 4.81. The summed E-state index contributed by atoms with van der Waals surface area (Å²) < 4.78 is 5.25. The Morgan fingerprint density at radius 3 is 2.43 bits per heavy atom. The molecule has 4 heteroatoms. The quantitative estimate of drug-likeness (QED) is 0.887. The van der Waals surface area contributed by atoms with Gasteiger partial charge in [-0.05, 0) is 48.4 Å². The molecule has 0 saturated carbocycles. The van der Waals surface area contributed by atoms with Crippen molar-refractivity contribution in [1.29, 1.82) is 0 Å². The summed E-state index contributed by atoms with van der Waals surface area (Å²) in [7, 11) is 3.30. The zero-order chi connectivity index (χ0) is 15.2. The van der Waals surface area contributed by atoms with Gasteiger partial charge in [0.2, 0.25) is 0 Å². The van der Waals surface area contributed by atoms with Gasteiger partial charge >= 0.3 is 0 Å². The highest BCUT2D eigenvalue weighted by Crippen LogP contribution is 2.19. The van der Waals surface area contributed by atoms with Gasteiger partial charge in [-0.3, -0.25) is 4.79 Å². The number of rotatable bonds is 5. The van der Waals surface area contributed by atoms with E-state index in [-0.39, 0.29) is 5.91 Å². The lowest BCUT2D eigenvalue weighted by Gasteiger charge is -2.10. The fraction of sp³-hybridized carbons (Fsp3) is 0.235. The van der Waals surface area contributed by atoms with Gasteiger partial charge in [0, 0.05) is 24.8 Å². The maximum Gasteiger partial charge on any atom is 0.251 e. The van der Waals surface area contributed by atoms with Crippen LogP contribution in [0, 0.1) is 6.92 Å². The Morgan fingerprint density at radius 1 is 1.14 bits per heavy atom. The smallest absolute Gasteiger partial charge is 0.251 e. The van der Waals surface area contributed by atoms with E-state index in [9.17, 15) is 4.79 Å². The van der Waals surface area contributed by atoms with Gasteiger partial charge in [-0.2, -0.15) is 0 Å². The molecule has 0 aliphatic rings. The number of carbonyl (C=O) groups is 1. The largest absolute Gasteiger partial charge is 0.496 e. The lowest BCUT2D eigenvalue weighted by molar-refractivity contribution is 0.0963. The molecule has 2 aromatic carbocycles. The van der Waals surface area contributed by atoms with E-state index in [1.807, 2.05) is 31.2 Å². The second kappa shape index (κ2) is 6.79. The molecule has 21 heavy (non-hydrogen) atoms. The molecule has 0 fully saturated rings. The molecule has 0 unspecified atom stereocenters. The van der Waals surface area contributed by atoms with Crippen LogP contribution < -0.4 is 15.4 Å². The Balaban J connectivity index is 1.99. The molecule has 0 heterocycles. The van der Waals surface area contributed by atoms with Gasteiger partial charge in [0.05, 0.1) is 7.11 Å². The number of anilines is 1. The van der Waals surface area contributed by atoms with Crippen molar-refractivity contribution < 1.29 is 9.53 Å². The molecule has 0 spiro atoms. The predicted molar refractivity (Wildman–Crippen MR) is 84.9 cm³/mol. The monoisotopic (exact) mass is 284 g/mol. The number of hydrogen-bond acceptors (Lipinski definition) is 3. The molecule has 110 valence electrons. The van der Waals surface area contributed by atoms with Crippen molar-refractivity contribution in [3.63, 3.8) is 0 Å². The number of methoxy groups -OCH3 is 1. The molecule has 0 atom stereocenters. The number of carbonyl (C=O) groups excluding carboxylic acids is 1. The van der Waals surface area contributed by atoms with Gasteiger partial charge in [0.1, 0.15) is 5.75 Å². The summed E-state index contributed by atoms with van der Waals surface area (Å²) in [6.45, 7) is 2.75. The molecule has 1 amide bonds. The maximum atomic E-state index is 11.5. The van der Waals surface area contributed by atoms with E-state index in [0.717, 1.165) is 23.5 Å². The number of amides is 1. The minimum Gasteiger partial charge on any atom is -0.496 e. The summed E-state index contributed by atoms with van der Waals surface area (Å²) in [6.07, 6.45) is 0. The van der Waals surface area contributed by atoms with Crippen LogP contribution in [0.25, 0.3) is 0 Å². The van der Waals surface area contributed by atoms with Crippen LogP contribution in [0.2, 0.25) is 0 Å². The number of benzene rings is 2. The first-order chi connectivity index (χ1) is 10.1. The molecular weight excluding hydrogens is 264 g/mol. The molecule has 0 radical (unpaired) electrons. The Morgan fingerprint density at radius 2 is 1.86 bits per heavy atom. The third-order valence-electron chi connectivity index (χ3n) is 3.33. The molecule has 4 nitrogen and oxygen atoms in total. The van der Waals surface area contributed by atoms with Gasteiger partial charge in [-0.15, -0.1) is 0 Å². The summed E-state index contributed by atoms with van der Waals surface area (Å²) in [6, 6.07) is 13.5. The van der Waals surface area contributed by atoms with E-state index in [1.54, 1.807) is 26.3 Å². The van der Waals surface area contributed by atoms with Crippen LogP contribution in [0.4, 0.5) is 5.69 Å². The highest BCUT2D eigenvalue weighted by atomic mass is 16.5. The Labute approximate surface area is 125 Å². The van der Waals surface area contributed by atoms with E-state index in [0.29, 0.717) is 5.56 Å². The van der Waals surface area contributed by atoms with Crippen LogP contribution in [0.1, 0.15) is 21.5 Å². The van der Waals surface area contributed by atoms with Gasteiger partial charge in [0.25, 0.3) is 5.91 Å². The first-order valence-electron chi connectivity index (χ1n) is 6.83. The van der Waals surface area contributed by atoms with Crippen LogP contribution >= 0.6 is 0 Å². The van der Waals surface area contributed by atoms with Crippen molar-refractivity contribution in [2.75, 3.05) is 19.5 Å². The van der Waals surface area contributed by atoms with Crippen LogP contribution in [0.15, 0.2) is 42.5 Å². The van der Waals surface area contributed by atoms with Crippen molar-refractivity contribution in [2.45, 2.75) is 13.5 Å². The average Bonchev–Trinajstić information content (AvgIpc) is 2.52. The summed E-state index contributed by atoms with van der Waals surface area (Å²) >= 11 is 0. The van der Waals surface area contributed by atoms with Crippen molar-refractivity contribution in [2.24, 2.45) is 0 Å². The van der Waals surface area contributed by atoms with Gasteiger partial charge in [0.15, 0.2) is 0 Å². The molecule has 0 aliphatic carbocycles. The van der Waals surface area contributed by atoms with Crippen LogP contribution in [0.3, 0.4) is 0 Å². The molecule has 2 rings (SSSR count). The number of ether oxygens (including phenoxy) is 1. The SMILES string of the molecule is CNC(=O)c1ccc(NCc2ccc(OC)c(C)c2)cc1. The van der Waals surface area contributed by atoms with E-state index < -0.39 is 0 Å². The molecular formula is C17H20N2O2. The second-order valence-electron chi connectivity index (χ2n) is 4.81. The molecule has 0 aromatic heterocycles. The third-order valence-corrected chi connectivity index (χ3v) is 3.33. The van der Waals surface area contributed by atoms with E-state index in [4.69, 9.17) is 4.74 Å². The normalized spacial score (nSPS) is 10.0. The van der Waals surface area contributed by atoms with Gasteiger partial charge in [-0.1, -0.05) is 12.1 Å². The molecule has 0 aliphatic heterocycles. The molecule has 2 N–H and O–H groups in total. The van der Waals surface area contributed by atoms with Crippen molar-refractivity contribution in [3.8, 4) is 5.75 Å². The zero-order valence-electron chi connectivity index (χ0n) is 12.6. The van der Waals surface area contributed by atoms with E-state index in [2.05, 4.69) is 16.7 Å². The highest BCUT2D eigenvalue weighted by molar-refractivity contribution is 5.94. The van der Waals surface area contributed by atoms with Crippen LogP contribution in [-0.4, -0.2) is 20.1 Å². The highest BCUT2D eigenvalue weighted by Gasteiger charge is 2.03. The van der Waals surface area contributed by atoms with Crippen LogP contribution in [0.5, 0.6) is 5.75 Å². The molecule has 2 aromatic rings. The lowest BCUT2D eigenvalue weighted by Crippen LogP contribution is -2.17. The van der Waals surface area contributed by atoms with Crippen molar-refractivity contribution in [3.05, 3.63) is 59.2 Å². The third kappa shape index (κ3) is 3.75. The van der Waals surface area contributed by atoms with Crippen LogP contribution in [-0.2, 0) is 6.54 Å². The zero-order valence-corrected chi connectivity index (χ0v) is 12.6. The van der Waals surface area contributed by atoms with E-state index >= 15 is 0 Å². The topological polar surface area (TPSA) is 50.4 Å². The van der Waals surface area contributed by atoms with Crippen molar-refractivity contribution in [1.82, 2.24) is 5.32 Å². The molecule has 0 bridgehead atoms. The van der Waals surface area contributed by atoms with Crippen molar-refractivity contribution >= 4 is 11.6 Å². The van der Waals surface area contributed by atoms with Gasteiger partial charge in [-0.25, -0.2) is 0 Å². The number of nitrogens with one attached hydrogen (secondary N) is 2. The minimum atomic E-state index is -0.0765. The minimum absolute atomic E-state index is 0.0765. The summed E-state index contributed by atoms with van der Waals surface area (Å²) in [5, 5.41) is 5.94. The first-order valence-corrected chi connectivity index (χ1v) is 6.83. The Hall–Kier alpha value is -2.49.